The molecular weight excluding hydrogens is 464 g/mol. The maximum atomic E-state index is 12.1. The molecule has 2 aromatic rings. The van der Waals surface area contributed by atoms with Gasteiger partial charge in [-0.15, -0.1) is 11.3 Å². The van der Waals surface area contributed by atoms with Crippen molar-refractivity contribution in [3.63, 3.8) is 0 Å². The Morgan fingerprint density at radius 3 is 2.36 bits per heavy atom. The van der Waals surface area contributed by atoms with E-state index in [4.69, 9.17) is 20.3 Å². The van der Waals surface area contributed by atoms with Crippen LogP contribution in [0.4, 0.5) is 0 Å². The van der Waals surface area contributed by atoms with E-state index in [2.05, 4.69) is 11.6 Å². The number of carbonyl (C=O) groups is 1. The van der Waals surface area contributed by atoms with Crippen molar-refractivity contribution in [1.82, 2.24) is 4.72 Å². The molecule has 8 nitrogen and oxygen atoms in total. The summed E-state index contributed by atoms with van der Waals surface area (Å²) >= 11 is 0.867. The number of thiophene rings is 1. The molecule has 1 aliphatic heterocycles. The minimum Gasteiger partial charge on any atom is -0.477 e. The molecule has 0 saturated heterocycles. The number of benzene rings is 1. The number of aromatic carboxylic acids is 1. The summed E-state index contributed by atoms with van der Waals surface area (Å²) < 4.78 is 37.1. The van der Waals surface area contributed by atoms with Crippen molar-refractivity contribution in [3.05, 3.63) is 40.1 Å². The maximum Gasteiger partial charge on any atom is 0.345 e. The number of nitrogens with two attached hydrogens (primary N) is 1. The van der Waals surface area contributed by atoms with E-state index >= 15 is 0 Å². The van der Waals surface area contributed by atoms with Gasteiger partial charge >= 0.3 is 5.97 Å². The van der Waals surface area contributed by atoms with Crippen LogP contribution in [-0.4, -0.2) is 32.8 Å². The molecule has 184 valence electrons. The van der Waals surface area contributed by atoms with Crippen molar-refractivity contribution < 1.29 is 27.8 Å². The second-order valence-electron chi connectivity index (χ2n) is 7.73. The molecule has 3 rings (SSSR count). The summed E-state index contributed by atoms with van der Waals surface area (Å²) in [5.41, 5.74) is 6.10. The lowest BCUT2D eigenvalue weighted by atomic mass is 10.1. The maximum absolute atomic E-state index is 12.1. The van der Waals surface area contributed by atoms with Crippen LogP contribution < -0.4 is 19.9 Å². The monoisotopic (exact) mass is 498 g/mol. The molecule has 0 bridgehead atoms. The minimum absolute atomic E-state index is 0.0246. The van der Waals surface area contributed by atoms with Gasteiger partial charge in [-0.2, -0.15) is 0 Å². The number of sulfonamides is 1. The molecule has 33 heavy (non-hydrogen) atoms. The summed E-state index contributed by atoms with van der Waals surface area (Å²) in [6.07, 6.45) is 11.0. The number of carboxylic acids is 1. The summed E-state index contributed by atoms with van der Waals surface area (Å²) in [6.45, 7) is 3.35. The van der Waals surface area contributed by atoms with E-state index in [1.165, 1.54) is 56.7 Å². The van der Waals surface area contributed by atoms with E-state index in [-0.39, 0.29) is 23.1 Å². The number of ether oxygens (including phenoxy) is 2. The van der Waals surface area contributed by atoms with Gasteiger partial charge in [0.2, 0.25) is 16.8 Å². The predicted molar refractivity (Wildman–Crippen MR) is 130 cm³/mol. The highest BCUT2D eigenvalue weighted by Gasteiger charge is 2.19. The van der Waals surface area contributed by atoms with Gasteiger partial charge in [0, 0.05) is 11.9 Å². The Bertz CT molecular complexity index is 967. The molecule has 0 fully saturated rings. The molecule has 4 N–H and O–H groups in total. The largest absolute Gasteiger partial charge is 0.477 e. The van der Waals surface area contributed by atoms with E-state index in [0.717, 1.165) is 23.9 Å². The average molecular weight is 499 g/mol. The van der Waals surface area contributed by atoms with Crippen molar-refractivity contribution >= 4 is 27.3 Å². The number of rotatable bonds is 13. The van der Waals surface area contributed by atoms with Crippen LogP contribution in [0, 0.1) is 0 Å². The second-order valence-corrected chi connectivity index (χ2v) is 10.4. The van der Waals surface area contributed by atoms with Gasteiger partial charge in [-0.1, -0.05) is 57.9 Å². The van der Waals surface area contributed by atoms with Crippen LogP contribution >= 0.6 is 11.3 Å². The standard InChI is InChI=1S/C13H11NO6S2.C10H23N/c15-13(16)12-4-9(6-21-12)22(17,18)14-5-8-1-2-10-11(3-8)20-7-19-10;1-2-3-4-5-6-7-8-9-10-11/h1-4,6,14H,5,7H2,(H,15,16);2-11H2,1H3. The van der Waals surface area contributed by atoms with Crippen molar-refractivity contribution in [2.45, 2.75) is 69.7 Å². The predicted octanol–water partition coefficient (Wildman–Crippen LogP) is 4.74. The fourth-order valence-corrected chi connectivity index (χ4v) is 5.29. The highest BCUT2D eigenvalue weighted by atomic mass is 32.2. The number of unbranched alkanes of at least 4 members (excludes halogenated alkanes) is 7. The van der Waals surface area contributed by atoms with Crippen molar-refractivity contribution in [3.8, 4) is 11.5 Å². The van der Waals surface area contributed by atoms with Crippen LogP contribution in [0.2, 0.25) is 0 Å². The van der Waals surface area contributed by atoms with Crippen molar-refractivity contribution in [1.29, 1.82) is 0 Å². The highest BCUT2D eigenvalue weighted by Crippen LogP contribution is 2.32. The van der Waals surface area contributed by atoms with Gasteiger partial charge in [0.05, 0.1) is 4.90 Å². The molecular formula is C23H34N2O6S2. The van der Waals surface area contributed by atoms with Crippen LogP contribution in [0.15, 0.2) is 34.5 Å². The first-order valence-corrected chi connectivity index (χ1v) is 13.6. The van der Waals surface area contributed by atoms with Crippen LogP contribution in [0.3, 0.4) is 0 Å². The number of hydrogen-bond acceptors (Lipinski definition) is 7. The quantitative estimate of drug-likeness (QED) is 0.340. The Kier molecular flexibility index (Phi) is 11.7. The van der Waals surface area contributed by atoms with Gasteiger partial charge in [0.15, 0.2) is 11.5 Å². The van der Waals surface area contributed by atoms with Gasteiger partial charge in [-0.25, -0.2) is 17.9 Å². The Balaban J connectivity index is 0.000000299. The fraction of sp³-hybridized carbons (Fsp3) is 0.522. The number of carboxylic acid groups (broad SMARTS) is 1. The summed E-state index contributed by atoms with van der Waals surface area (Å²) in [5.74, 6) is 0.0400. The first kappa shape index (κ1) is 27.1. The van der Waals surface area contributed by atoms with Gasteiger partial charge in [0.1, 0.15) is 4.88 Å². The Morgan fingerprint density at radius 1 is 1.06 bits per heavy atom. The van der Waals surface area contributed by atoms with Gasteiger partial charge in [0.25, 0.3) is 0 Å². The SMILES string of the molecule is CCCCCCCCCCN.O=C(O)c1cc(S(=O)(=O)NCc2ccc3c(c2)OCO3)cs1. The summed E-state index contributed by atoms with van der Waals surface area (Å²) in [4.78, 5) is 10.7. The molecule has 0 saturated carbocycles. The summed E-state index contributed by atoms with van der Waals surface area (Å²) in [5, 5.41) is 10.1. The van der Waals surface area contributed by atoms with E-state index in [1.54, 1.807) is 18.2 Å². The number of fused-ring (bicyclic) bond motifs is 1. The van der Waals surface area contributed by atoms with E-state index in [9.17, 15) is 13.2 Å². The fourth-order valence-electron chi connectivity index (χ4n) is 3.16. The molecule has 10 heteroatoms. The first-order valence-electron chi connectivity index (χ1n) is 11.3. The van der Waals surface area contributed by atoms with Crippen LogP contribution in [0.5, 0.6) is 11.5 Å². The third-order valence-electron chi connectivity index (χ3n) is 5.06. The lowest BCUT2D eigenvalue weighted by Crippen LogP contribution is -2.22. The minimum atomic E-state index is -3.76. The van der Waals surface area contributed by atoms with Crippen LogP contribution in [-0.2, 0) is 16.6 Å². The third-order valence-corrected chi connectivity index (χ3v) is 7.51. The van der Waals surface area contributed by atoms with E-state index in [1.807, 2.05) is 0 Å². The van der Waals surface area contributed by atoms with Gasteiger partial charge < -0.3 is 20.3 Å². The highest BCUT2D eigenvalue weighted by molar-refractivity contribution is 7.89. The first-order chi connectivity index (χ1) is 15.9. The van der Waals surface area contributed by atoms with Gasteiger partial charge in [-0.05, 0) is 36.7 Å². The third kappa shape index (κ3) is 9.32. The van der Waals surface area contributed by atoms with Crippen molar-refractivity contribution in [2.24, 2.45) is 5.73 Å². The van der Waals surface area contributed by atoms with E-state index in [0.29, 0.717) is 17.1 Å². The molecule has 0 unspecified atom stereocenters. The lowest BCUT2D eigenvalue weighted by Gasteiger charge is -2.06. The molecule has 0 spiro atoms. The zero-order chi connectivity index (χ0) is 24.1. The molecule has 0 aliphatic carbocycles. The average Bonchev–Trinajstić information content (AvgIpc) is 3.47. The Hall–Kier alpha value is -2.14. The lowest BCUT2D eigenvalue weighted by molar-refractivity contribution is 0.0702. The zero-order valence-electron chi connectivity index (χ0n) is 19.0. The Morgan fingerprint density at radius 2 is 1.73 bits per heavy atom. The summed E-state index contributed by atoms with van der Waals surface area (Å²) in [7, 11) is -3.76. The zero-order valence-corrected chi connectivity index (χ0v) is 20.7. The molecule has 0 atom stereocenters. The summed E-state index contributed by atoms with van der Waals surface area (Å²) in [6, 6.07) is 6.27. The molecule has 2 heterocycles. The van der Waals surface area contributed by atoms with Crippen molar-refractivity contribution in [2.75, 3.05) is 13.3 Å². The molecule has 1 aliphatic rings. The number of hydrogen-bond donors (Lipinski definition) is 3. The molecule has 1 aromatic carbocycles. The van der Waals surface area contributed by atoms with E-state index < -0.39 is 16.0 Å². The Labute approximate surface area is 200 Å². The molecule has 0 radical (unpaired) electrons. The number of nitrogens with one attached hydrogen (secondary N) is 1. The smallest absolute Gasteiger partial charge is 0.345 e. The second kappa shape index (κ2) is 14.2. The van der Waals surface area contributed by atoms with Gasteiger partial charge in [-0.3, -0.25) is 0 Å². The topological polar surface area (TPSA) is 128 Å². The molecule has 1 aromatic heterocycles. The van der Waals surface area contributed by atoms with Crippen LogP contribution in [0.25, 0.3) is 0 Å². The molecule has 0 amide bonds. The normalized spacial score (nSPS) is 12.3. The van der Waals surface area contributed by atoms with Crippen LogP contribution in [0.1, 0.15) is 73.5 Å².